The van der Waals surface area contributed by atoms with Crippen LogP contribution in [0, 0.1) is 29.0 Å². The van der Waals surface area contributed by atoms with Crippen LogP contribution in [0.1, 0.15) is 31.2 Å². The summed E-state index contributed by atoms with van der Waals surface area (Å²) in [6, 6.07) is 7.21. The predicted octanol–water partition coefficient (Wildman–Crippen LogP) is 3.30. The summed E-state index contributed by atoms with van der Waals surface area (Å²) in [7, 11) is 0. The van der Waals surface area contributed by atoms with Crippen LogP contribution in [0.3, 0.4) is 0 Å². The number of rotatable bonds is 4. The maximum atomic E-state index is 13.5. The number of nitriles is 1. The number of hydrogen-bond donors (Lipinski definition) is 1. The summed E-state index contributed by atoms with van der Waals surface area (Å²) < 4.78 is 13.5. The largest absolute Gasteiger partial charge is 0.381 e. The second-order valence-corrected chi connectivity index (χ2v) is 5.12. The molecule has 17 heavy (non-hydrogen) atoms. The Morgan fingerprint density at radius 2 is 1.88 bits per heavy atom. The Kier molecular flexibility index (Phi) is 2.51. The molecule has 0 bridgehead atoms. The van der Waals surface area contributed by atoms with Gasteiger partial charge in [0.15, 0.2) is 0 Å². The first-order chi connectivity index (χ1) is 8.29. The second-order valence-electron chi connectivity index (χ2n) is 5.12. The van der Waals surface area contributed by atoms with E-state index in [2.05, 4.69) is 5.32 Å². The predicted molar refractivity (Wildman–Crippen MR) is 64.0 cm³/mol. The zero-order valence-electron chi connectivity index (χ0n) is 9.62. The first-order valence-electron chi connectivity index (χ1n) is 6.24. The summed E-state index contributed by atoms with van der Waals surface area (Å²) in [6.45, 7) is 0. The van der Waals surface area contributed by atoms with Gasteiger partial charge in [-0.15, -0.1) is 0 Å². The van der Waals surface area contributed by atoms with Crippen LogP contribution in [0.2, 0.25) is 0 Å². The van der Waals surface area contributed by atoms with Crippen LogP contribution >= 0.6 is 0 Å². The third kappa shape index (κ3) is 2.12. The van der Waals surface area contributed by atoms with Crippen LogP contribution in [-0.4, -0.2) is 6.04 Å². The standard InChI is InChI=1S/C14H15FN2/c15-12-2-1-3-13(11(12)8-16)17-14(9-4-5-9)10-6-7-10/h1-3,9-10,14,17H,4-7H2. The Hall–Kier alpha value is -1.56. The molecule has 2 aliphatic carbocycles. The van der Waals surface area contributed by atoms with Crippen molar-refractivity contribution in [3.8, 4) is 6.07 Å². The third-order valence-corrected chi connectivity index (χ3v) is 3.71. The smallest absolute Gasteiger partial charge is 0.143 e. The summed E-state index contributed by atoms with van der Waals surface area (Å²) in [4.78, 5) is 0. The third-order valence-electron chi connectivity index (χ3n) is 3.71. The number of halogens is 1. The molecule has 0 atom stereocenters. The highest BCUT2D eigenvalue weighted by Gasteiger charge is 2.41. The van der Waals surface area contributed by atoms with Crippen LogP contribution in [0.5, 0.6) is 0 Å². The van der Waals surface area contributed by atoms with Crippen molar-refractivity contribution >= 4 is 5.69 Å². The first-order valence-corrected chi connectivity index (χ1v) is 6.24. The van der Waals surface area contributed by atoms with Gasteiger partial charge in [0.25, 0.3) is 0 Å². The van der Waals surface area contributed by atoms with Crippen molar-refractivity contribution in [1.29, 1.82) is 5.26 Å². The van der Waals surface area contributed by atoms with Gasteiger partial charge in [-0.25, -0.2) is 4.39 Å². The molecule has 2 fully saturated rings. The molecule has 0 spiro atoms. The van der Waals surface area contributed by atoms with Crippen LogP contribution < -0.4 is 5.32 Å². The Morgan fingerprint density at radius 1 is 1.24 bits per heavy atom. The Bertz CT molecular complexity index is 458. The van der Waals surface area contributed by atoms with E-state index < -0.39 is 5.82 Å². The summed E-state index contributed by atoms with van der Waals surface area (Å²) in [5.74, 6) is 1.04. The molecule has 0 radical (unpaired) electrons. The van der Waals surface area contributed by atoms with E-state index >= 15 is 0 Å². The van der Waals surface area contributed by atoms with Crippen LogP contribution in [0.15, 0.2) is 18.2 Å². The molecule has 1 N–H and O–H groups in total. The zero-order chi connectivity index (χ0) is 11.8. The van der Waals surface area contributed by atoms with Crippen LogP contribution in [0.25, 0.3) is 0 Å². The quantitative estimate of drug-likeness (QED) is 0.861. The molecule has 2 nitrogen and oxygen atoms in total. The summed E-state index contributed by atoms with van der Waals surface area (Å²) in [6.07, 6.45) is 5.08. The van der Waals surface area contributed by atoms with Crippen molar-refractivity contribution in [2.45, 2.75) is 31.7 Å². The lowest BCUT2D eigenvalue weighted by Gasteiger charge is -2.19. The minimum Gasteiger partial charge on any atom is -0.381 e. The van der Waals surface area contributed by atoms with Gasteiger partial charge in [0.2, 0.25) is 0 Å². The van der Waals surface area contributed by atoms with Crippen molar-refractivity contribution in [3.05, 3.63) is 29.6 Å². The van der Waals surface area contributed by atoms with Crippen LogP contribution in [-0.2, 0) is 0 Å². The summed E-state index contributed by atoms with van der Waals surface area (Å²) in [5.41, 5.74) is 0.815. The highest BCUT2D eigenvalue weighted by molar-refractivity contribution is 5.58. The van der Waals surface area contributed by atoms with Crippen molar-refractivity contribution in [1.82, 2.24) is 0 Å². The number of anilines is 1. The molecule has 2 saturated carbocycles. The molecule has 0 saturated heterocycles. The van der Waals surface area contributed by atoms with E-state index in [1.165, 1.54) is 31.7 Å². The highest BCUT2D eigenvalue weighted by atomic mass is 19.1. The zero-order valence-corrected chi connectivity index (χ0v) is 9.62. The van der Waals surface area contributed by atoms with Gasteiger partial charge < -0.3 is 5.32 Å². The monoisotopic (exact) mass is 230 g/mol. The van der Waals surface area contributed by atoms with Crippen molar-refractivity contribution in [3.63, 3.8) is 0 Å². The van der Waals surface area contributed by atoms with E-state index in [4.69, 9.17) is 5.26 Å². The van der Waals surface area contributed by atoms with Crippen molar-refractivity contribution in [2.24, 2.45) is 11.8 Å². The van der Waals surface area contributed by atoms with E-state index in [-0.39, 0.29) is 5.56 Å². The molecule has 0 aliphatic heterocycles. The second kappa shape index (κ2) is 4.03. The van der Waals surface area contributed by atoms with E-state index in [0.29, 0.717) is 11.7 Å². The Morgan fingerprint density at radius 3 is 2.41 bits per heavy atom. The number of nitrogens with zero attached hydrogens (tertiary/aromatic N) is 1. The average Bonchev–Trinajstić information content (AvgIpc) is 3.16. The maximum absolute atomic E-state index is 13.5. The van der Waals surface area contributed by atoms with Crippen molar-refractivity contribution < 1.29 is 4.39 Å². The highest BCUT2D eigenvalue weighted by Crippen LogP contribution is 2.46. The summed E-state index contributed by atoms with van der Waals surface area (Å²) >= 11 is 0. The van der Waals surface area contributed by atoms with Gasteiger partial charge in [0.1, 0.15) is 17.4 Å². The van der Waals surface area contributed by atoms with E-state index in [0.717, 1.165) is 11.8 Å². The molecule has 0 aromatic heterocycles. The normalized spacial score (nSPS) is 19.1. The number of benzene rings is 1. The minimum absolute atomic E-state index is 0.152. The first kappa shape index (κ1) is 10.6. The Labute approximate surface area is 100 Å². The van der Waals surface area contributed by atoms with Gasteiger partial charge >= 0.3 is 0 Å². The average molecular weight is 230 g/mol. The summed E-state index contributed by atoms with van der Waals surface area (Å²) in [5, 5.41) is 12.4. The van der Waals surface area contributed by atoms with Crippen molar-refractivity contribution in [2.75, 3.05) is 5.32 Å². The van der Waals surface area contributed by atoms with Gasteiger partial charge in [-0.3, -0.25) is 0 Å². The maximum Gasteiger partial charge on any atom is 0.143 e. The van der Waals surface area contributed by atoms with E-state index in [1.54, 1.807) is 12.1 Å². The molecule has 2 aliphatic rings. The lowest BCUT2D eigenvalue weighted by atomic mass is 10.1. The van der Waals surface area contributed by atoms with Gasteiger partial charge in [-0.05, 0) is 49.7 Å². The number of hydrogen-bond acceptors (Lipinski definition) is 2. The molecular formula is C14H15FN2. The fourth-order valence-corrected chi connectivity index (χ4v) is 2.47. The lowest BCUT2D eigenvalue weighted by Crippen LogP contribution is -2.24. The Balaban J connectivity index is 1.84. The fraction of sp³-hybridized carbons (Fsp3) is 0.500. The van der Waals surface area contributed by atoms with E-state index in [1.807, 2.05) is 6.07 Å². The lowest BCUT2D eigenvalue weighted by molar-refractivity contribution is 0.566. The van der Waals surface area contributed by atoms with Gasteiger partial charge in [-0.1, -0.05) is 6.07 Å². The molecule has 0 unspecified atom stereocenters. The molecule has 0 amide bonds. The molecule has 3 rings (SSSR count). The SMILES string of the molecule is N#Cc1c(F)cccc1NC(C1CC1)C1CC1. The van der Waals surface area contributed by atoms with Gasteiger partial charge in [0.05, 0.1) is 5.69 Å². The molecule has 88 valence electrons. The molecule has 0 heterocycles. The molecule has 3 heteroatoms. The van der Waals surface area contributed by atoms with Gasteiger partial charge in [0, 0.05) is 6.04 Å². The number of nitrogens with one attached hydrogen (secondary N) is 1. The molecule has 1 aromatic rings. The fourth-order valence-electron chi connectivity index (χ4n) is 2.47. The van der Waals surface area contributed by atoms with Crippen LogP contribution in [0.4, 0.5) is 10.1 Å². The molecule has 1 aromatic carbocycles. The van der Waals surface area contributed by atoms with Gasteiger partial charge in [-0.2, -0.15) is 5.26 Å². The topological polar surface area (TPSA) is 35.8 Å². The molecular weight excluding hydrogens is 215 g/mol. The van der Waals surface area contributed by atoms with E-state index in [9.17, 15) is 4.39 Å². The minimum atomic E-state index is -0.428.